The van der Waals surface area contributed by atoms with Gasteiger partial charge in [-0.3, -0.25) is 4.79 Å². The fraction of sp³-hybridized carbons (Fsp3) is 0.417. The minimum atomic E-state index is -0.412. The zero-order valence-corrected chi connectivity index (χ0v) is 12.0. The number of hydrogen-bond donors (Lipinski definition) is 1. The fourth-order valence-corrected chi connectivity index (χ4v) is 1.75. The number of nitrogens with one attached hydrogen (secondary N) is 1. The Morgan fingerprint density at radius 1 is 1.35 bits per heavy atom. The molecule has 1 aromatic rings. The van der Waals surface area contributed by atoms with Gasteiger partial charge in [0.25, 0.3) is 5.91 Å². The van der Waals surface area contributed by atoms with Gasteiger partial charge in [-0.05, 0) is 31.5 Å². The normalized spacial score (nSPS) is 14.2. The van der Waals surface area contributed by atoms with Gasteiger partial charge in [0.05, 0.1) is 15.6 Å². The summed E-state index contributed by atoms with van der Waals surface area (Å²) in [5.74, 6) is 0.157. The molecule has 94 valence electrons. The maximum absolute atomic E-state index is 12.0. The molecule has 0 fully saturated rings. The van der Waals surface area contributed by atoms with Gasteiger partial charge in [0.15, 0.2) is 0 Å². The van der Waals surface area contributed by atoms with Crippen molar-refractivity contribution in [2.45, 2.75) is 25.8 Å². The third kappa shape index (κ3) is 3.77. The first-order valence-electron chi connectivity index (χ1n) is 5.25. The first-order valence-corrected chi connectivity index (χ1v) is 6.54. The highest BCUT2D eigenvalue weighted by Gasteiger charge is 2.23. The van der Waals surface area contributed by atoms with Crippen molar-refractivity contribution in [2.75, 3.05) is 5.88 Å². The Bertz CT molecular complexity index is 416. The Balaban J connectivity index is 2.86. The Morgan fingerprint density at radius 3 is 2.47 bits per heavy atom. The van der Waals surface area contributed by atoms with Crippen LogP contribution < -0.4 is 5.32 Å². The topological polar surface area (TPSA) is 29.1 Å². The van der Waals surface area contributed by atoms with Crippen LogP contribution in [0, 0.1) is 0 Å². The van der Waals surface area contributed by atoms with Crippen molar-refractivity contribution in [3.8, 4) is 0 Å². The summed E-state index contributed by atoms with van der Waals surface area (Å²) < 4.78 is 0. The van der Waals surface area contributed by atoms with E-state index >= 15 is 0 Å². The van der Waals surface area contributed by atoms with Gasteiger partial charge in [0.2, 0.25) is 0 Å². The number of carbonyl (C=O) groups is 1. The molecule has 2 nitrogen and oxygen atoms in total. The van der Waals surface area contributed by atoms with E-state index in [2.05, 4.69) is 5.32 Å². The third-order valence-corrected chi connectivity index (χ3v) is 4.00. The molecule has 1 rings (SSSR count). The van der Waals surface area contributed by atoms with E-state index in [1.54, 1.807) is 18.2 Å². The highest BCUT2D eigenvalue weighted by atomic mass is 35.5. The number of halogens is 3. The van der Waals surface area contributed by atoms with Gasteiger partial charge in [-0.2, -0.15) is 0 Å². The average molecular weight is 295 g/mol. The Hall–Kier alpha value is -0.440. The van der Waals surface area contributed by atoms with Crippen LogP contribution in [0.15, 0.2) is 18.2 Å². The average Bonchev–Trinajstić information content (AvgIpc) is 2.32. The molecule has 0 saturated heterocycles. The van der Waals surface area contributed by atoms with E-state index in [9.17, 15) is 4.79 Å². The van der Waals surface area contributed by atoms with Crippen LogP contribution in [-0.4, -0.2) is 17.3 Å². The lowest BCUT2D eigenvalue weighted by molar-refractivity contribution is 0.0912. The summed E-state index contributed by atoms with van der Waals surface area (Å²) in [5.41, 5.74) is 0.0642. The summed E-state index contributed by atoms with van der Waals surface area (Å²) in [6.45, 7) is 3.87. The highest BCUT2D eigenvalue weighted by Crippen LogP contribution is 2.23. The van der Waals surface area contributed by atoms with E-state index in [0.29, 0.717) is 21.5 Å². The molecule has 1 atom stereocenters. The molecule has 0 bridgehead atoms. The minimum absolute atomic E-state index is 0.200. The van der Waals surface area contributed by atoms with Gasteiger partial charge in [-0.25, -0.2) is 0 Å². The Morgan fingerprint density at radius 2 is 2.00 bits per heavy atom. The predicted octanol–water partition coefficient (Wildman–Crippen LogP) is 4.13. The SMILES string of the molecule is CCC(C)(CCl)NC(=O)c1ccc(Cl)c(Cl)c1. The second-order valence-corrected chi connectivity index (χ2v) is 5.21. The van der Waals surface area contributed by atoms with E-state index in [-0.39, 0.29) is 5.91 Å². The number of amides is 1. The Kier molecular flexibility index (Phi) is 5.11. The van der Waals surface area contributed by atoms with Crippen molar-refractivity contribution in [1.29, 1.82) is 0 Å². The van der Waals surface area contributed by atoms with E-state index in [1.807, 2.05) is 13.8 Å². The molecule has 1 amide bonds. The summed E-state index contributed by atoms with van der Waals surface area (Å²) in [4.78, 5) is 12.0. The van der Waals surface area contributed by atoms with Crippen molar-refractivity contribution >= 4 is 40.7 Å². The van der Waals surface area contributed by atoms with Gasteiger partial charge < -0.3 is 5.32 Å². The number of rotatable bonds is 4. The summed E-state index contributed by atoms with van der Waals surface area (Å²) in [6, 6.07) is 4.78. The van der Waals surface area contributed by atoms with Gasteiger partial charge in [0.1, 0.15) is 0 Å². The van der Waals surface area contributed by atoms with Crippen LogP contribution in [0.25, 0.3) is 0 Å². The van der Waals surface area contributed by atoms with Crippen LogP contribution in [0.1, 0.15) is 30.6 Å². The summed E-state index contributed by atoms with van der Waals surface area (Å²) in [5, 5.41) is 3.68. The molecule has 0 aliphatic rings. The molecule has 17 heavy (non-hydrogen) atoms. The van der Waals surface area contributed by atoms with Crippen molar-refractivity contribution in [2.24, 2.45) is 0 Å². The summed E-state index contributed by atoms with van der Waals surface area (Å²) in [7, 11) is 0. The first kappa shape index (κ1) is 14.6. The van der Waals surface area contributed by atoms with Gasteiger partial charge in [-0.1, -0.05) is 30.1 Å². The van der Waals surface area contributed by atoms with Crippen LogP contribution in [0.2, 0.25) is 10.0 Å². The second-order valence-electron chi connectivity index (χ2n) is 4.13. The number of carbonyl (C=O) groups excluding carboxylic acids is 1. The zero-order valence-electron chi connectivity index (χ0n) is 9.69. The third-order valence-electron chi connectivity index (χ3n) is 2.67. The van der Waals surface area contributed by atoms with Crippen molar-refractivity contribution in [3.63, 3.8) is 0 Å². The molecule has 1 aromatic carbocycles. The monoisotopic (exact) mass is 293 g/mol. The predicted molar refractivity (Wildman–Crippen MR) is 73.3 cm³/mol. The van der Waals surface area contributed by atoms with Crippen molar-refractivity contribution in [1.82, 2.24) is 5.32 Å². The fourth-order valence-electron chi connectivity index (χ4n) is 1.20. The maximum atomic E-state index is 12.0. The van der Waals surface area contributed by atoms with E-state index < -0.39 is 5.54 Å². The second kappa shape index (κ2) is 5.94. The molecule has 0 aliphatic carbocycles. The molecule has 1 unspecified atom stereocenters. The van der Waals surface area contributed by atoms with Crippen LogP contribution >= 0.6 is 34.8 Å². The zero-order chi connectivity index (χ0) is 13.1. The molecule has 5 heteroatoms. The van der Waals surface area contributed by atoms with Crippen LogP contribution in [0.5, 0.6) is 0 Å². The maximum Gasteiger partial charge on any atom is 0.251 e. The highest BCUT2D eigenvalue weighted by molar-refractivity contribution is 6.42. The van der Waals surface area contributed by atoms with Crippen LogP contribution in [-0.2, 0) is 0 Å². The molecular formula is C12H14Cl3NO. The minimum Gasteiger partial charge on any atom is -0.346 e. The van der Waals surface area contributed by atoms with E-state index in [1.165, 1.54) is 0 Å². The number of hydrogen-bond acceptors (Lipinski definition) is 1. The van der Waals surface area contributed by atoms with Crippen molar-refractivity contribution < 1.29 is 4.79 Å². The molecule has 0 saturated carbocycles. The summed E-state index contributed by atoms with van der Waals surface area (Å²) in [6.07, 6.45) is 0.754. The van der Waals surface area contributed by atoms with Crippen LogP contribution in [0.4, 0.5) is 0 Å². The Labute approximate surface area is 116 Å². The molecule has 0 heterocycles. The first-order chi connectivity index (χ1) is 7.91. The van der Waals surface area contributed by atoms with E-state index in [4.69, 9.17) is 34.8 Å². The van der Waals surface area contributed by atoms with Crippen LogP contribution in [0.3, 0.4) is 0 Å². The largest absolute Gasteiger partial charge is 0.346 e. The molecule has 0 aliphatic heterocycles. The quantitative estimate of drug-likeness (QED) is 0.831. The number of alkyl halides is 1. The van der Waals surface area contributed by atoms with Gasteiger partial charge in [0, 0.05) is 11.4 Å². The lowest BCUT2D eigenvalue weighted by Gasteiger charge is -2.27. The molecule has 1 N–H and O–H groups in total. The lowest BCUT2D eigenvalue weighted by Crippen LogP contribution is -2.47. The van der Waals surface area contributed by atoms with Gasteiger partial charge >= 0.3 is 0 Å². The molecule has 0 spiro atoms. The molecular weight excluding hydrogens is 280 g/mol. The summed E-state index contributed by atoms with van der Waals surface area (Å²) >= 11 is 17.5. The standard InChI is InChI=1S/C12H14Cl3NO/c1-3-12(2,7-13)16-11(17)8-4-5-9(14)10(15)6-8/h4-6H,3,7H2,1-2H3,(H,16,17). The smallest absolute Gasteiger partial charge is 0.251 e. The lowest BCUT2D eigenvalue weighted by atomic mass is 10.0. The number of benzene rings is 1. The van der Waals surface area contributed by atoms with E-state index in [0.717, 1.165) is 6.42 Å². The molecule has 0 aromatic heterocycles. The van der Waals surface area contributed by atoms with Gasteiger partial charge in [-0.15, -0.1) is 11.6 Å². The molecule has 0 radical (unpaired) electrons. The van der Waals surface area contributed by atoms with Crippen molar-refractivity contribution in [3.05, 3.63) is 33.8 Å².